The van der Waals surface area contributed by atoms with Gasteiger partial charge < -0.3 is 15.5 Å². The molecule has 1 fully saturated rings. The number of likely N-dealkylation sites (tertiary alicyclic amines) is 1. The summed E-state index contributed by atoms with van der Waals surface area (Å²) in [6.07, 6.45) is 3.43. The van der Waals surface area contributed by atoms with Gasteiger partial charge in [0.05, 0.1) is 0 Å². The Morgan fingerprint density at radius 2 is 1.43 bits per heavy atom. The van der Waals surface area contributed by atoms with E-state index in [9.17, 15) is 14.4 Å². The van der Waals surface area contributed by atoms with Crippen molar-refractivity contribution in [3.8, 4) is 0 Å². The molecule has 0 aromatic heterocycles. The van der Waals surface area contributed by atoms with Crippen LogP contribution in [0.5, 0.6) is 0 Å². The molecule has 0 atom stereocenters. The van der Waals surface area contributed by atoms with Crippen molar-refractivity contribution < 1.29 is 14.4 Å². The molecule has 158 valence electrons. The zero-order valence-corrected chi connectivity index (χ0v) is 17.6. The van der Waals surface area contributed by atoms with E-state index in [-0.39, 0.29) is 23.6 Å². The summed E-state index contributed by atoms with van der Waals surface area (Å²) in [4.78, 5) is 38.3. The third-order valence-electron chi connectivity index (χ3n) is 5.24. The summed E-state index contributed by atoms with van der Waals surface area (Å²) in [6.45, 7) is 5.42. The van der Waals surface area contributed by atoms with Crippen molar-refractivity contribution in [2.75, 3.05) is 23.7 Å². The topological polar surface area (TPSA) is 78.5 Å². The molecule has 1 aliphatic rings. The average molecular weight is 408 g/mol. The van der Waals surface area contributed by atoms with E-state index >= 15 is 0 Å². The fraction of sp³-hybridized carbons (Fsp3) is 0.375. The summed E-state index contributed by atoms with van der Waals surface area (Å²) in [5.41, 5.74) is 2.95. The van der Waals surface area contributed by atoms with Gasteiger partial charge in [-0.3, -0.25) is 14.4 Å². The molecule has 1 heterocycles. The number of benzene rings is 2. The Morgan fingerprint density at radius 1 is 0.867 bits per heavy atom. The number of amides is 3. The molecule has 30 heavy (non-hydrogen) atoms. The molecule has 2 aromatic carbocycles. The van der Waals surface area contributed by atoms with Crippen molar-refractivity contribution in [3.05, 3.63) is 59.7 Å². The minimum Gasteiger partial charge on any atom is -0.343 e. The van der Waals surface area contributed by atoms with Gasteiger partial charge in [-0.2, -0.15) is 0 Å². The number of carbonyl (C=O) groups excluding carboxylic acids is 3. The van der Waals surface area contributed by atoms with Crippen LogP contribution in [0.4, 0.5) is 11.4 Å². The Labute approximate surface area is 177 Å². The van der Waals surface area contributed by atoms with E-state index in [1.54, 1.807) is 24.3 Å². The van der Waals surface area contributed by atoms with E-state index in [0.29, 0.717) is 29.8 Å². The second-order valence-corrected chi connectivity index (χ2v) is 7.96. The van der Waals surface area contributed by atoms with Crippen molar-refractivity contribution in [2.45, 2.75) is 39.5 Å². The Kier molecular flexibility index (Phi) is 7.22. The Balaban J connectivity index is 1.50. The van der Waals surface area contributed by atoms with E-state index in [1.807, 2.05) is 43.0 Å². The number of aryl methyl sites for hydroxylation is 1. The van der Waals surface area contributed by atoms with Gasteiger partial charge in [0.2, 0.25) is 11.8 Å². The average Bonchev–Trinajstić information content (AvgIpc) is 3.28. The maximum absolute atomic E-state index is 12.5. The van der Waals surface area contributed by atoms with Gasteiger partial charge in [-0.15, -0.1) is 0 Å². The summed E-state index contributed by atoms with van der Waals surface area (Å²) in [5.74, 6) is -0.157. The molecule has 0 radical (unpaired) electrons. The maximum atomic E-state index is 12.5. The van der Waals surface area contributed by atoms with Gasteiger partial charge in [0.15, 0.2) is 0 Å². The quantitative estimate of drug-likeness (QED) is 0.726. The van der Waals surface area contributed by atoms with Gasteiger partial charge in [0.1, 0.15) is 0 Å². The van der Waals surface area contributed by atoms with Crippen LogP contribution in [0.1, 0.15) is 49.0 Å². The molecule has 0 aliphatic carbocycles. The summed E-state index contributed by atoms with van der Waals surface area (Å²) < 4.78 is 0. The van der Waals surface area contributed by atoms with Crippen molar-refractivity contribution in [3.63, 3.8) is 0 Å². The predicted octanol–water partition coefficient (Wildman–Crippen LogP) is 4.09. The molecule has 0 spiro atoms. The van der Waals surface area contributed by atoms with Crippen molar-refractivity contribution in [2.24, 2.45) is 5.92 Å². The van der Waals surface area contributed by atoms with E-state index < -0.39 is 0 Å². The minimum absolute atomic E-state index is 0.0607. The second kappa shape index (κ2) is 10.1. The minimum atomic E-state index is -0.214. The smallest absolute Gasteiger partial charge is 0.255 e. The fourth-order valence-electron chi connectivity index (χ4n) is 3.33. The largest absolute Gasteiger partial charge is 0.343 e. The highest BCUT2D eigenvalue weighted by Crippen LogP contribution is 2.16. The zero-order chi connectivity index (χ0) is 21.5. The van der Waals surface area contributed by atoms with Crippen LogP contribution in [0, 0.1) is 5.92 Å². The predicted molar refractivity (Wildman–Crippen MR) is 118 cm³/mol. The maximum Gasteiger partial charge on any atom is 0.255 e. The summed E-state index contributed by atoms with van der Waals surface area (Å²) >= 11 is 0. The first-order valence-corrected chi connectivity index (χ1v) is 10.5. The van der Waals surface area contributed by atoms with Gasteiger partial charge >= 0.3 is 0 Å². The lowest BCUT2D eigenvalue weighted by molar-refractivity contribution is -0.130. The molecular weight excluding hydrogens is 378 g/mol. The second-order valence-electron chi connectivity index (χ2n) is 7.96. The third kappa shape index (κ3) is 5.92. The molecule has 6 heteroatoms. The number of nitrogens with zero attached hydrogens (tertiary/aromatic N) is 1. The van der Waals surface area contributed by atoms with Crippen LogP contribution in [-0.2, 0) is 16.0 Å². The van der Waals surface area contributed by atoms with Crippen LogP contribution in [-0.4, -0.2) is 35.7 Å². The lowest BCUT2D eigenvalue weighted by Gasteiger charge is -2.15. The third-order valence-corrected chi connectivity index (χ3v) is 5.24. The first-order chi connectivity index (χ1) is 14.4. The van der Waals surface area contributed by atoms with Crippen LogP contribution in [0.25, 0.3) is 0 Å². The first-order valence-electron chi connectivity index (χ1n) is 10.5. The number of carbonyl (C=O) groups is 3. The van der Waals surface area contributed by atoms with E-state index in [1.165, 1.54) is 0 Å². The van der Waals surface area contributed by atoms with Crippen LogP contribution >= 0.6 is 0 Å². The van der Waals surface area contributed by atoms with Crippen molar-refractivity contribution >= 4 is 29.1 Å². The molecular formula is C24H29N3O3. The zero-order valence-electron chi connectivity index (χ0n) is 17.6. The van der Waals surface area contributed by atoms with Gasteiger partial charge in [0.25, 0.3) is 5.91 Å². The number of nitrogens with one attached hydrogen (secondary N) is 2. The molecule has 3 rings (SSSR count). The van der Waals surface area contributed by atoms with Gasteiger partial charge in [0, 0.05) is 42.4 Å². The molecule has 3 amide bonds. The van der Waals surface area contributed by atoms with Gasteiger partial charge in [-0.05, 0) is 61.2 Å². The Hall–Kier alpha value is -3.15. The Bertz CT molecular complexity index is 883. The number of hydrogen-bond donors (Lipinski definition) is 2. The Morgan fingerprint density at radius 3 is 2.03 bits per heavy atom. The summed E-state index contributed by atoms with van der Waals surface area (Å²) in [7, 11) is 0. The van der Waals surface area contributed by atoms with Crippen LogP contribution in [0.2, 0.25) is 0 Å². The number of anilines is 2. The normalized spacial score (nSPS) is 13.4. The molecule has 1 aliphatic heterocycles. The molecule has 0 bridgehead atoms. The van der Waals surface area contributed by atoms with E-state index in [4.69, 9.17) is 0 Å². The highest BCUT2D eigenvalue weighted by Gasteiger charge is 2.17. The van der Waals surface area contributed by atoms with Crippen LogP contribution in [0.3, 0.4) is 0 Å². The van der Waals surface area contributed by atoms with Crippen molar-refractivity contribution in [1.82, 2.24) is 4.90 Å². The fourth-order valence-corrected chi connectivity index (χ4v) is 3.33. The lowest BCUT2D eigenvalue weighted by atomic mass is 10.1. The highest BCUT2D eigenvalue weighted by atomic mass is 16.2. The first kappa shape index (κ1) is 21.6. The summed E-state index contributed by atoms with van der Waals surface area (Å²) in [5, 5.41) is 5.68. The number of hydrogen-bond acceptors (Lipinski definition) is 3. The molecule has 6 nitrogen and oxygen atoms in total. The van der Waals surface area contributed by atoms with Gasteiger partial charge in [-0.25, -0.2) is 0 Å². The van der Waals surface area contributed by atoms with E-state index in [2.05, 4.69) is 10.6 Å². The number of rotatable bonds is 7. The molecule has 1 saturated heterocycles. The standard InChI is InChI=1S/C24H29N3O3/c1-17(2)23(29)25-21-12-8-19(9-13-21)24(30)26-20-10-5-18(6-11-20)7-14-22(28)27-15-3-4-16-27/h5-6,8-13,17H,3-4,7,14-16H2,1-2H3,(H,25,29)(H,26,30). The monoisotopic (exact) mass is 407 g/mol. The molecule has 0 saturated carbocycles. The van der Waals surface area contributed by atoms with Crippen molar-refractivity contribution in [1.29, 1.82) is 0 Å². The SMILES string of the molecule is CC(C)C(=O)Nc1ccc(C(=O)Nc2ccc(CCC(=O)N3CCCC3)cc2)cc1. The molecule has 0 unspecified atom stereocenters. The molecule has 2 N–H and O–H groups in total. The lowest BCUT2D eigenvalue weighted by Crippen LogP contribution is -2.27. The highest BCUT2D eigenvalue weighted by molar-refractivity contribution is 6.04. The van der Waals surface area contributed by atoms with Gasteiger partial charge in [-0.1, -0.05) is 26.0 Å². The summed E-state index contributed by atoms with van der Waals surface area (Å²) in [6, 6.07) is 14.4. The van der Waals surface area contributed by atoms with E-state index in [0.717, 1.165) is 31.5 Å². The van der Waals surface area contributed by atoms with Crippen LogP contribution in [0.15, 0.2) is 48.5 Å². The molecule has 2 aromatic rings. The van der Waals surface area contributed by atoms with Crippen LogP contribution < -0.4 is 10.6 Å².